The number of alkyl halides is 2. The van der Waals surface area contributed by atoms with Crippen LogP contribution < -0.4 is 20.3 Å². The second kappa shape index (κ2) is 7.91. The standard InChI is InChI=1S/C21H17F2N3O6/c1-11(2)26-19(28)14-6-4-3-5-13(14)18(25-26)20(29)30-10-17(27)24-12-7-8-15-16(9-12)32-21(22,23)31-15/h3-9,11H,10H2,1-2H3,(H,24,27). The van der Waals surface area contributed by atoms with Gasteiger partial charge in [0.2, 0.25) is 0 Å². The molecular weight excluding hydrogens is 428 g/mol. The van der Waals surface area contributed by atoms with E-state index in [1.165, 1.54) is 16.8 Å². The normalized spacial score (nSPS) is 13.9. The number of nitrogens with zero attached hydrogens (tertiary/aromatic N) is 2. The molecule has 0 unspecified atom stereocenters. The summed E-state index contributed by atoms with van der Waals surface area (Å²) in [5, 5.41) is 7.12. The second-order valence-corrected chi connectivity index (χ2v) is 7.19. The highest BCUT2D eigenvalue weighted by Crippen LogP contribution is 2.42. The minimum Gasteiger partial charge on any atom is -0.451 e. The summed E-state index contributed by atoms with van der Waals surface area (Å²) in [5.41, 5.74) is -0.312. The van der Waals surface area contributed by atoms with Gasteiger partial charge >= 0.3 is 12.3 Å². The van der Waals surface area contributed by atoms with Crippen LogP contribution in [0.15, 0.2) is 47.3 Å². The van der Waals surface area contributed by atoms with Gasteiger partial charge in [0.05, 0.1) is 11.4 Å². The molecule has 0 fully saturated rings. The smallest absolute Gasteiger partial charge is 0.451 e. The summed E-state index contributed by atoms with van der Waals surface area (Å²) < 4.78 is 41.0. The fourth-order valence-electron chi connectivity index (χ4n) is 3.13. The number of carbonyl (C=O) groups excluding carboxylic acids is 2. The first-order valence-corrected chi connectivity index (χ1v) is 9.53. The Morgan fingerprint density at radius 3 is 2.53 bits per heavy atom. The van der Waals surface area contributed by atoms with E-state index in [9.17, 15) is 23.2 Å². The molecule has 0 saturated carbocycles. The highest BCUT2D eigenvalue weighted by atomic mass is 19.3. The van der Waals surface area contributed by atoms with Gasteiger partial charge in [0.1, 0.15) is 0 Å². The lowest BCUT2D eigenvalue weighted by Crippen LogP contribution is -2.28. The number of fused-ring (bicyclic) bond motifs is 2. The van der Waals surface area contributed by atoms with E-state index in [-0.39, 0.29) is 34.5 Å². The molecule has 2 aromatic carbocycles. The molecule has 2 heterocycles. The van der Waals surface area contributed by atoms with Crippen molar-refractivity contribution in [3.8, 4) is 11.5 Å². The van der Waals surface area contributed by atoms with Crippen LogP contribution in [-0.2, 0) is 9.53 Å². The summed E-state index contributed by atoms with van der Waals surface area (Å²) in [6.07, 6.45) is -3.78. The molecule has 9 nitrogen and oxygen atoms in total. The molecule has 0 saturated heterocycles. The Bertz CT molecular complexity index is 1290. The number of anilines is 1. The van der Waals surface area contributed by atoms with Gasteiger partial charge in [-0.05, 0) is 32.0 Å². The van der Waals surface area contributed by atoms with E-state index in [1.54, 1.807) is 38.1 Å². The summed E-state index contributed by atoms with van der Waals surface area (Å²) >= 11 is 0. The highest BCUT2D eigenvalue weighted by molar-refractivity contribution is 6.03. The minimum absolute atomic E-state index is 0.105. The number of carbonyl (C=O) groups is 2. The molecule has 1 aliphatic rings. The van der Waals surface area contributed by atoms with Crippen LogP contribution in [0.5, 0.6) is 11.5 Å². The largest absolute Gasteiger partial charge is 0.586 e. The van der Waals surface area contributed by atoms with Crippen LogP contribution in [0.3, 0.4) is 0 Å². The van der Waals surface area contributed by atoms with Crippen molar-refractivity contribution in [3.63, 3.8) is 0 Å². The van der Waals surface area contributed by atoms with Crippen LogP contribution in [0.2, 0.25) is 0 Å². The minimum atomic E-state index is -3.78. The van der Waals surface area contributed by atoms with Crippen LogP contribution >= 0.6 is 0 Å². The Kier molecular flexibility index (Phi) is 5.25. The SMILES string of the molecule is CC(C)n1nc(C(=O)OCC(=O)Nc2ccc3c(c2)OC(F)(F)O3)c2ccccc2c1=O. The number of esters is 1. The van der Waals surface area contributed by atoms with Gasteiger partial charge in [-0.2, -0.15) is 5.10 Å². The summed E-state index contributed by atoms with van der Waals surface area (Å²) in [6.45, 7) is 2.82. The van der Waals surface area contributed by atoms with E-state index < -0.39 is 24.8 Å². The lowest BCUT2D eigenvalue weighted by atomic mass is 10.1. The molecule has 3 aromatic rings. The fraction of sp³-hybridized carbons (Fsp3) is 0.238. The molecule has 1 amide bonds. The number of aromatic nitrogens is 2. The zero-order chi connectivity index (χ0) is 23.0. The maximum Gasteiger partial charge on any atom is 0.586 e. The Morgan fingerprint density at radius 1 is 1.12 bits per heavy atom. The molecule has 0 bridgehead atoms. The van der Waals surface area contributed by atoms with Crippen molar-refractivity contribution in [1.82, 2.24) is 9.78 Å². The van der Waals surface area contributed by atoms with Crippen molar-refractivity contribution >= 4 is 28.3 Å². The summed E-state index contributed by atoms with van der Waals surface area (Å²) in [6, 6.07) is 9.84. The molecule has 1 N–H and O–H groups in total. The second-order valence-electron chi connectivity index (χ2n) is 7.19. The third kappa shape index (κ3) is 4.09. The fourth-order valence-corrected chi connectivity index (χ4v) is 3.13. The Balaban J connectivity index is 1.48. The van der Waals surface area contributed by atoms with Crippen molar-refractivity contribution in [2.75, 3.05) is 11.9 Å². The van der Waals surface area contributed by atoms with E-state index in [0.717, 1.165) is 6.07 Å². The van der Waals surface area contributed by atoms with Crippen molar-refractivity contribution in [1.29, 1.82) is 0 Å². The Morgan fingerprint density at radius 2 is 1.81 bits per heavy atom. The number of amides is 1. The molecular formula is C21H17F2N3O6. The van der Waals surface area contributed by atoms with E-state index in [0.29, 0.717) is 10.8 Å². The zero-order valence-corrected chi connectivity index (χ0v) is 16.9. The average molecular weight is 445 g/mol. The number of benzene rings is 2. The van der Waals surface area contributed by atoms with E-state index in [2.05, 4.69) is 19.9 Å². The predicted molar refractivity (Wildman–Crippen MR) is 108 cm³/mol. The highest BCUT2D eigenvalue weighted by Gasteiger charge is 2.43. The third-order valence-corrected chi connectivity index (χ3v) is 4.53. The topological polar surface area (TPSA) is 109 Å². The predicted octanol–water partition coefficient (Wildman–Crippen LogP) is 3.09. The zero-order valence-electron chi connectivity index (χ0n) is 16.9. The van der Waals surface area contributed by atoms with Crippen LogP contribution in [0.4, 0.5) is 14.5 Å². The van der Waals surface area contributed by atoms with E-state index in [1.807, 2.05) is 0 Å². The van der Waals surface area contributed by atoms with E-state index >= 15 is 0 Å². The van der Waals surface area contributed by atoms with Gasteiger partial charge < -0.3 is 19.5 Å². The van der Waals surface area contributed by atoms with Crippen molar-refractivity contribution in [2.45, 2.75) is 26.2 Å². The van der Waals surface area contributed by atoms with Crippen molar-refractivity contribution < 1.29 is 32.6 Å². The molecule has 0 atom stereocenters. The summed E-state index contributed by atoms with van der Waals surface area (Å²) in [5.74, 6) is -2.02. The van der Waals surface area contributed by atoms with Gasteiger partial charge in [-0.1, -0.05) is 18.2 Å². The van der Waals surface area contributed by atoms with Gasteiger partial charge in [-0.15, -0.1) is 8.78 Å². The Labute approximate surface area is 179 Å². The maximum atomic E-state index is 13.1. The molecule has 11 heteroatoms. The first-order chi connectivity index (χ1) is 15.1. The summed E-state index contributed by atoms with van der Waals surface area (Å²) in [7, 11) is 0. The quantitative estimate of drug-likeness (QED) is 0.601. The van der Waals surface area contributed by atoms with Crippen LogP contribution in [0.25, 0.3) is 10.8 Å². The lowest BCUT2D eigenvalue weighted by Gasteiger charge is -2.13. The number of rotatable bonds is 5. The molecule has 0 radical (unpaired) electrons. The van der Waals surface area contributed by atoms with Crippen molar-refractivity contribution in [2.24, 2.45) is 0 Å². The van der Waals surface area contributed by atoms with Gasteiger partial charge in [0.25, 0.3) is 11.5 Å². The van der Waals surface area contributed by atoms with Gasteiger partial charge in [-0.3, -0.25) is 9.59 Å². The molecule has 1 aliphatic heterocycles. The molecule has 32 heavy (non-hydrogen) atoms. The molecule has 4 rings (SSSR count). The summed E-state index contributed by atoms with van der Waals surface area (Å²) in [4.78, 5) is 37.4. The molecule has 166 valence electrons. The third-order valence-electron chi connectivity index (χ3n) is 4.53. The number of halogens is 2. The van der Waals surface area contributed by atoms with Crippen molar-refractivity contribution in [3.05, 3.63) is 58.5 Å². The van der Waals surface area contributed by atoms with Gasteiger partial charge in [0, 0.05) is 17.1 Å². The van der Waals surface area contributed by atoms with E-state index in [4.69, 9.17) is 4.74 Å². The monoisotopic (exact) mass is 445 g/mol. The number of hydrogen-bond acceptors (Lipinski definition) is 7. The van der Waals surface area contributed by atoms with Crippen LogP contribution in [0, 0.1) is 0 Å². The first kappa shape index (κ1) is 21.2. The van der Waals surface area contributed by atoms with Gasteiger partial charge in [0.15, 0.2) is 23.8 Å². The number of ether oxygens (including phenoxy) is 3. The molecule has 0 aliphatic carbocycles. The Hall–Kier alpha value is -4.02. The maximum absolute atomic E-state index is 13.1. The number of hydrogen-bond donors (Lipinski definition) is 1. The van der Waals surface area contributed by atoms with Gasteiger partial charge in [-0.25, -0.2) is 9.48 Å². The first-order valence-electron chi connectivity index (χ1n) is 9.53. The van der Waals surface area contributed by atoms with Crippen LogP contribution in [0.1, 0.15) is 30.4 Å². The average Bonchev–Trinajstić information content (AvgIpc) is 3.05. The van der Waals surface area contributed by atoms with Crippen LogP contribution in [-0.4, -0.2) is 34.6 Å². The molecule has 0 spiro atoms. The number of nitrogens with one attached hydrogen (secondary N) is 1. The molecule has 1 aromatic heterocycles. The lowest BCUT2D eigenvalue weighted by molar-refractivity contribution is -0.286.